The molecule has 5 nitrogen and oxygen atoms in total. The molecule has 0 aliphatic carbocycles. The third-order valence-corrected chi connectivity index (χ3v) is 3.35. The lowest BCUT2D eigenvalue weighted by atomic mass is 10.3. The van der Waals surface area contributed by atoms with E-state index in [9.17, 15) is 13.2 Å². The zero-order valence-electron chi connectivity index (χ0n) is 9.07. The van der Waals surface area contributed by atoms with E-state index in [0.717, 1.165) is 6.26 Å². The van der Waals surface area contributed by atoms with Crippen LogP contribution in [0.2, 0.25) is 0 Å². The Morgan fingerprint density at radius 1 is 1.12 bits per heavy atom. The summed E-state index contributed by atoms with van der Waals surface area (Å²) in [6.45, 7) is 0. The number of hydrogen-bond acceptors (Lipinski definition) is 4. The Kier molecular flexibility index (Phi) is 2.81. The summed E-state index contributed by atoms with van der Waals surface area (Å²) in [5.74, 6) is 0. The van der Waals surface area contributed by atoms with E-state index in [-0.39, 0.29) is 10.5 Å². The molecule has 1 aromatic carbocycles. The number of hydrogen-bond donors (Lipinski definition) is 0. The van der Waals surface area contributed by atoms with Gasteiger partial charge in [-0.2, -0.15) is 9.78 Å². The van der Waals surface area contributed by atoms with E-state index >= 15 is 0 Å². The molecule has 0 amide bonds. The normalized spacial score (nSPS) is 11.4. The molecule has 6 heteroatoms. The van der Waals surface area contributed by atoms with E-state index < -0.39 is 9.84 Å². The molecule has 0 saturated heterocycles. The van der Waals surface area contributed by atoms with Crippen LogP contribution < -0.4 is 5.56 Å². The van der Waals surface area contributed by atoms with Gasteiger partial charge < -0.3 is 0 Å². The van der Waals surface area contributed by atoms with Crippen molar-refractivity contribution in [2.45, 2.75) is 4.90 Å². The standard InChI is InChI=1S/C11H10N2O3S/c1-17(15,16)10-6-4-9(5-7-10)13-11(14)3-2-8-12-13/h2-8H,1H3. The predicted molar refractivity (Wildman–Crippen MR) is 62.9 cm³/mol. The molecule has 2 rings (SSSR count). The summed E-state index contributed by atoms with van der Waals surface area (Å²) in [5, 5.41) is 3.90. The van der Waals surface area contributed by atoms with Gasteiger partial charge in [-0.25, -0.2) is 8.42 Å². The molecule has 0 aliphatic rings. The zero-order chi connectivity index (χ0) is 12.5. The maximum Gasteiger partial charge on any atom is 0.271 e. The average molecular weight is 250 g/mol. The molecule has 0 radical (unpaired) electrons. The van der Waals surface area contributed by atoms with Crippen LogP contribution in [0.3, 0.4) is 0 Å². The second kappa shape index (κ2) is 4.14. The van der Waals surface area contributed by atoms with Crippen LogP contribution in [0.25, 0.3) is 5.69 Å². The van der Waals surface area contributed by atoms with Crippen molar-refractivity contribution in [2.24, 2.45) is 0 Å². The first-order valence-electron chi connectivity index (χ1n) is 4.83. The van der Waals surface area contributed by atoms with Gasteiger partial charge in [-0.15, -0.1) is 0 Å². The quantitative estimate of drug-likeness (QED) is 0.784. The lowest BCUT2D eigenvalue weighted by Gasteiger charge is -2.04. The fraction of sp³-hybridized carbons (Fsp3) is 0.0909. The van der Waals surface area contributed by atoms with Gasteiger partial charge in [0, 0.05) is 18.5 Å². The Morgan fingerprint density at radius 2 is 1.76 bits per heavy atom. The van der Waals surface area contributed by atoms with Gasteiger partial charge in [0.2, 0.25) is 0 Å². The SMILES string of the molecule is CS(=O)(=O)c1ccc(-n2ncccc2=O)cc1. The Balaban J connectivity index is 2.51. The maximum absolute atomic E-state index is 11.5. The molecule has 0 fully saturated rings. The third-order valence-electron chi connectivity index (χ3n) is 2.23. The summed E-state index contributed by atoms with van der Waals surface area (Å²) in [5.41, 5.74) is 0.266. The van der Waals surface area contributed by atoms with Gasteiger partial charge in [-0.05, 0) is 30.3 Å². The molecular formula is C11H10N2O3S. The molecule has 2 aromatic rings. The van der Waals surface area contributed by atoms with Crippen molar-refractivity contribution in [1.82, 2.24) is 9.78 Å². The number of benzene rings is 1. The first-order valence-corrected chi connectivity index (χ1v) is 6.72. The number of nitrogens with zero attached hydrogens (tertiary/aromatic N) is 2. The Bertz CT molecular complexity index is 687. The summed E-state index contributed by atoms with van der Waals surface area (Å²) in [7, 11) is -3.22. The van der Waals surface area contributed by atoms with Crippen LogP contribution in [0.1, 0.15) is 0 Å². The van der Waals surface area contributed by atoms with Crippen molar-refractivity contribution in [2.75, 3.05) is 6.26 Å². The molecule has 1 heterocycles. The fourth-order valence-electron chi connectivity index (χ4n) is 1.39. The molecule has 0 N–H and O–H groups in total. The maximum atomic E-state index is 11.5. The highest BCUT2D eigenvalue weighted by Gasteiger charge is 2.07. The summed E-state index contributed by atoms with van der Waals surface area (Å²) in [6, 6.07) is 8.92. The minimum atomic E-state index is -3.22. The van der Waals surface area contributed by atoms with Crippen molar-refractivity contribution in [3.63, 3.8) is 0 Å². The minimum absolute atomic E-state index is 0.213. The monoisotopic (exact) mass is 250 g/mol. The van der Waals surface area contributed by atoms with Gasteiger partial charge in [0.1, 0.15) is 0 Å². The van der Waals surface area contributed by atoms with Gasteiger partial charge in [-0.1, -0.05) is 0 Å². The molecule has 0 saturated carbocycles. The van der Waals surface area contributed by atoms with Crippen LogP contribution in [-0.4, -0.2) is 24.5 Å². The van der Waals surface area contributed by atoms with Crippen LogP contribution in [0.15, 0.2) is 52.3 Å². The lowest BCUT2D eigenvalue weighted by molar-refractivity contribution is 0.602. The number of aromatic nitrogens is 2. The molecule has 0 bridgehead atoms. The summed E-state index contributed by atoms with van der Waals surface area (Å²) in [6.07, 6.45) is 2.63. The van der Waals surface area contributed by atoms with E-state index in [0.29, 0.717) is 5.69 Å². The highest BCUT2D eigenvalue weighted by atomic mass is 32.2. The van der Waals surface area contributed by atoms with E-state index in [1.807, 2.05) is 0 Å². The molecule has 0 atom stereocenters. The van der Waals surface area contributed by atoms with E-state index in [4.69, 9.17) is 0 Å². The van der Waals surface area contributed by atoms with E-state index in [1.54, 1.807) is 18.2 Å². The largest absolute Gasteiger partial charge is 0.271 e. The Labute approximate surface area is 98.3 Å². The van der Waals surface area contributed by atoms with Crippen molar-refractivity contribution < 1.29 is 8.42 Å². The summed E-state index contributed by atoms with van der Waals surface area (Å²) in [4.78, 5) is 11.7. The van der Waals surface area contributed by atoms with Crippen LogP contribution >= 0.6 is 0 Å². The average Bonchev–Trinajstić information content (AvgIpc) is 2.29. The molecule has 17 heavy (non-hydrogen) atoms. The fourth-order valence-corrected chi connectivity index (χ4v) is 2.02. The molecule has 1 aromatic heterocycles. The summed E-state index contributed by atoms with van der Waals surface area (Å²) < 4.78 is 23.7. The van der Waals surface area contributed by atoms with Crippen LogP contribution in [0, 0.1) is 0 Å². The number of sulfone groups is 1. The molecule has 88 valence electrons. The minimum Gasteiger partial charge on any atom is -0.267 e. The lowest BCUT2D eigenvalue weighted by Crippen LogP contribution is -2.19. The Hall–Kier alpha value is -1.95. The zero-order valence-corrected chi connectivity index (χ0v) is 9.89. The van der Waals surface area contributed by atoms with Crippen LogP contribution in [-0.2, 0) is 9.84 Å². The number of rotatable bonds is 2. The predicted octanol–water partition coefficient (Wildman–Crippen LogP) is 0.636. The Morgan fingerprint density at radius 3 is 2.29 bits per heavy atom. The molecule has 0 spiro atoms. The van der Waals surface area contributed by atoms with Crippen molar-refractivity contribution in [1.29, 1.82) is 0 Å². The first-order chi connectivity index (χ1) is 7.98. The van der Waals surface area contributed by atoms with Gasteiger partial charge in [0.05, 0.1) is 10.6 Å². The van der Waals surface area contributed by atoms with Crippen molar-refractivity contribution >= 4 is 9.84 Å². The van der Waals surface area contributed by atoms with Crippen LogP contribution in [0.5, 0.6) is 0 Å². The molecule has 0 unspecified atom stereocenters. The summed E-state index contributed by atoms with van der Waals surface area (Å²) >= 11 is 0. The second-order valence-electron chi connectivity index (χ2n) is 3.54. The molecule has 0 aliphatic heterocycles. The second-order valence-corrected chi connectivity index (χ2v) is 5.56. The highest BCUT2D eigenvalue weighted by Crippen LogP contribution is 2.11. The van der Waals surface area contributed by atoms with E-state index in [2.05, 4.69) is 5.10 Å². The van der Waals surface area contributed by atoms with Crippen molar-refractivity contribution in [3.8, 4) is 5.69 Å². The molecular weight excluding hydrogens is 240 g/mol. The third kappa shape index (κ3) is 2.42. The van der Waals surface area contributed by atoms with E-state index in [1.165, 1.54) is 29.1 Å². The van der Waals surface area contributed by atoms with Gasteiger partial charge in [-0.3, -0.25) is 4.79 Å². The first kappa shape index (κ1) is 11.5. The van der Waals surface area contributed by atoms with Gasteiger partial charge >= 0.3 is 0 Å². The smallest absolute Gasteiger partial charge is 0.267 e. The van der Waals surface area contributed by atoms with Crippen LogP contribution in [0.4, 0.5) is 0 Å². The van der Waals surface area contributed by atoms with Gasteiger partial charge in [0.15, 0.2) is 9.84 Å². The van der Waals surface area contributed by atoms with Gasteiger partial charge in [0.25, 0.3) is 5.56 Å². The van der Waals surface area contributed by atoms with Crippen molar-refractivity contribution in [3.05, 3.63) is 52.9 Å². The highest BCUT2D eigenvalue weighted by molar-refractivity contribution is 7.90. The topological polar surface area (TPSA) is 69.0 Å².